The Labute approximate surface area is 95.0 Å². The lowest BCUT2D eigenvalue weighted by Crippen LogP contribution is -2.01. The van der Waals surface area contributed by atoms with Gasteiger partial charge in [-0.3, -0.25) is 4.99 Å². The molecule has 0 aromatic carbocycles. The molecule has 1 radical (unpaired) electrons. The summed E-state index contributed by atoms with van der Waals surface area (Å²) in [4.78, 5) is 4.28. The summed E-state index contributed by atoms with van der Waals surface area (Å²) in [5.41, 5.74) is 3.97. The molecule has 0 N–H and O–H groups in total. The van der Waals surface area contributed by atoms with Crippen LogP contribution in [0.25, 0.3) is 0 Å². The van der Waals surface area contributed by atoms with E-state index in [4.69, 9.17) is 0 Å². The van der Waals surface area contributed by atoms with Crippen molar-refractivity contribution in [2.75, 3.05) is 7.05 Å². The van der Waals surface area contributed by atoms with Gasteiger partial charge in [0.25, 0.3) is 0 Å². The van der Waals surface area contributed by atoms with Gasteiger partial charge in [-0.1, -0.05) is 31.4 Å². The monoisotopic (exact) mass is 206 g/mol. The fourth-order valence-electron chi connectivity index (χ4n) is 1.66. The van der Waals surface area contributed by atoms with Crippen molar-refractivity contribution in [1.29, 1.82) is 0 Å². The molecule has 0 unspecified atom stereocenters. The first kappa shape index (κ1) is 14.2. The fraction of sp³-hybridized carbons (Fsp3) is 0.571. The summed E-state index contributed by atoms with van der Waals surface area (Å²) in [7, 11) is 1.86. The summed E-state index contributed by atoms with van der Waals surface area (Å²) in [5, 5.41) is 0. The Hall–Kier alpha value is -0.850. The topological polar surface area (TPSA) is 12.4 Å². The minimum Gasteiger partial charge on any atom is -0.293 e. The van der Waals surface area contributed by atoms with E-state index in [-0.39, 0.29) is 0 Å². The second kappa shape index (κ2) is 8.46. The highest BCUT2D eigenvalue weighted by atomic mass is 14.7. The third kappa shape index (κ3) is 5.56. The molecule has 15 heavy (non-hydrogen) atoms. The van der Waals surface area contributed by atoms with Crippen molar-refractivity contribution in [3.8, 4) is 0 Å². The third-order valence-electron chi connectivity index (χ3n) is 2.66. The molecule has 0 saturated heterocycles. The van der Waals surface area contributed by atoms with Crippen LogP contribution in [-0.2, 0) is 0 Å². The number of allylic oxidation sites excluding steroid dienone is 3. The van der Waals surface area contributed by atoms with Crippen LogP contribution in [0.4, 0.5) is 0 Å². The quantitative estimate of drug-likeness (QED) is 0.333. The van der Waals surface area contributed by atoms with E-state index in [1.807, 2.05) is 13.1 Å². The van der Waals surface area contributed by atoms with Gasteiger partial charge in [0.2, 0.25) is 0 Å². The molecular weight excluding hydrogens is 182 g/mol. The standard InChI is InChI=1S/C14H24N/c1-6-8-9-11-14(13(4)15-5)12(3)10-7-2/h7H,1-2,6,8-11H2,3-5H3/b14-12-,15-13?. The summed E-state index contributed by atoms with van der Waals surface area (Å²) in [5.74, 6) is 0. The predicted molar refractivity (Wildman–Crippen MR) is 70.4 cm³/mol. The maximum Gasteiger partial charge on any atom is 0.0345 e. The molecule has 1 heteroatoms. The van der Waals surface area contributed by atoms with Gasteiger partial charge in [0.15, 0.2) is 0 Å². The smallest absolute Gasteiger partial charge is 0.0345 e. The molecule has 0 aromatic rings. The summed E-state index contributed by atoms with van der Waals surface area (Å²) in [6.45, 7) is 11.9. The number of unbranched alkanes of at least 4 members (excludes halogenated alkanes) is 2. The van der Waals surface area contributed by atoms with E-state index < -0.39 is 0 Å². The summed E-state index contributed by atoms with van der Waals surface area (Å²) in [6, 6.07) is 0. The van der Waals surface area contributed by atoms with Crippen LogP contribution in [0, 0.1) is 6.92 Å². The van der Waals surface area contributed by atoms with E-state index in [9.17, 15) is 0 Å². The maximum atomic E-state index is 4.28. The molecule has 0 aliphatic heterocycles. The minimum absolute atomic E-state index is 0.965. The molecule has 0 saturated carbocycles. The van der Waals surface area contributed by atoms with E-state index in [1.54, 1.807) is 0 Å². The molecule has 0 fully saturated rings. The first-order chi connectivity index (χ1) is 7.17. The zero-order valence-electron chi connectivity index (χ0n) is 10.5. The summed E-state index contributed by atoms with van der Waals surface area (Å²) in [6.07, 6.45) is 7.47. The van der Waals surface area contributed by atoms with E-state index in [1.165, 1.54) is 29.7 Å². The van der Waals surface area contributed by atoms with Crippen LogP contribution in [-0.4, -0.2) is 12.8 Å². The Morgan fingerprint density at radius 1 is 1.27 bits per heavy atom. The Kier molecular flexibility index (Phi) is 7.98. The number of rotatable bonds is 7. The molecule has 0 spiro atoms. The van der Waals surface area contributed by atoms with Gasteiger partial charge in [-0.25, -0.2) is 0 Å². The van der Waals surface area contributed by atoms with E-state index in [0.29, 0.717) is 0 Å². The Morgan fingerprint density at radius 3 is 2.40 bits per heavy atom. The summed E-state index contributed by atoms with van der Waals surface area (Å²) < 4.78 is 0. The number of hydrogen-bond donors (Lipinski definition) is 0. The Balaban J connectivity index is 4.57. The summed E-state index contributed by atoms with van der Waals surface area (Å²) >= 11 is 0. The lowest BCUT2D eigenvalue weighted by atomic mass is 9.97. The third-order valence-corrected chi connectivity index (χ3v) is 2.66. The van der Waals surface area contributed by atoms with E-state index in [2.05, 4.69) is 32.3 Å². The fourth-order valence-corrected chi connectivity index (χ4v) is 1.66. The van der Waals surface area contributed by atoms with Crippen LogP contribution < -0.4 is 0 Å². The molecule has 0 aromatic heterocycles. The Bertz CT molecular complexity index is 246. The van der Waals surface area contributed by atoms with Gasteiger partial charge in [-0.15, -0.1) is 6.58 Å². The van der Waals surface area contributed by atoms with Gasteiger partial charge in [-0.05, 0) is 38.7 Å². The lowest BCUT2D eigenvalue weighted by Gasteiger charge is -2.10. The normalized spacial score (nSPS) is 13.7. The van der Waals surface area contributed by atoms with Crippen molar-refractivity contribution < 1.29 is 0 Å². The largest absolute Gasteiger partial charge is 0.293 e. The molecule has 0 atom stereocenters. The molecule has 0 rings (SSSR count). The molecule has 85 valence electrons. The van der Waals surface area contributed by atoms with Gasteiger partial charge < -0.3 is 0 Å². The number of aliphatic imine (C=N–C) groups is 1. The van der Waals surface area contributed by atoms with E-state index >= 15 is 0 Å². The van der Waals surface area contributed by atoms with Crippen molar-refractivity contribution in [2.45, 2.75) is 46.0 Å². The van der Waals surface area contributed by atoms with Gasteiger partial charge in [0, 0.05) is 12.8 Å². The highest BCUT2D eigenvalue weighted by Gasteiger charge is 2.04. The van der Waals surface area contributed by atoms with Crippen molar-refractivity contribution in [1.82, 2.24) is 0 Å². The zero-order valence-corrected chi connectivity index (χ0v) is 10.5. The minimum atomic E-state index is 0.965. The van der Waals surface area contributed by atoms with Crippen LogP contribution in [0.2, 0.25) is 0 Å². The molecule has 1 nitrogen and oxygen atoms in total. The van der Waals surface area contributed by atoms with Gasteiger partial charge in [0.1, 0.15) is 0 Å². The first-order valence-corrected chi connectivity index (χ1v) is 5.69. The molecule has 0 heterocycles. The number of hydrogen-bond acceptors (Lipinski definition) is 1. The van der Waals surface area contributed by atoms with Gasteiger partial charge in [0.05, 0.1) is 0 Å². The van der Waals surface area contributed by atoms with Gasteiger partial charge >= 0.3 is 0 Å². The maximum absolute atomic E-state index is 4.28. The molecule has 0 aliphatic carbocycles. The predicted octanol–water partition coefficient (Wildman–Crippen LogP) is 4.36. The van der Waals surface area contributed by atoms with Crippen molar-refractivity contribution in [3.63, 3.8) is 0 Å². The van der Waals surface area contributed by atoms with E-state index in [0.717, 1.165) is 19.3 Å². The molecular formula is C14H24N. The highest BCUT2D eigenvalue weighted by Crippen LogP contribution is 2.18. The second-order valence-corrected chi connectivity index (χ2v) is 3.87. The van der Waals surface area contributed by atoms with Crippen LogP contribution in [0.1, 0.15) is 46.0 Å². The van der Waals surface area contributed by atoms with Crippen LogP contribution in [0.3, 0.4) is 0 Å². The zero-order chi connectivity index (χ0) is 11.7. The average molecular weight is 206 g/mol. The molecule has 0 aliphatic rings. The highest BCUT2D eigenvalue weighted by molar-refractivity contribution is 5.98. The molecule has 0 amide bonds. The SMILES string of the molecule is [CH2]CCCC/C(C(C)=NC)=C(\C)CC=C. The second-order valence-electron chi connectivity index (χ2n) is 3.87. The van der Waals surface area contributed by atoms with Crippen LogP contribution >= 0.6 is 0 Å². The lowest BCUT2D eigenvalue weighted by molar-refractivity contribution is 0.746. The van der Waals surface area contributed by atoms with Gasteiger partial charge in [-0.2, -0.15) is 0 Å². The van der Waals surface area contributed by atoms with Crippen molar-refractivity contribution in [3.05, 3.63) is 30.7 Å². The van der Waals surface area contributed by atoms with Crippen LogP contribution in [0.5, 0.6) is 0 Å². The van der Waals surface area contributed by atoms with Crippen molar-refractivity contribution in [2.24, 2.45) is 4.99 Å². The van der Waals surface area contributed by atoms with Crippen LogP contribution in [0.15, 0.2) is 28.8 Å². The number of nitrogens with zero attached hydrogens (tertiary/aromatic N) is 1. The first-order valence-electron chi connectivity index (χ1n) is 5.69. The molecule has 0 bridgehead atoms. The van der Waals surface area contributed by atoms with Crippen molar-refractivity contribution >= 4 is 5.71 Å². The Morgan fingerprint density at radius 2 is 1.93 bits per heavy atom. The average Bonchev–Trinajstić information content (AvgIpc) is 2.23.